The van der Waals surface area contributed by atoms with Gasteiger partial charge >= 0.3 is 5.69 Å². The van der Waals surface area contributed by atoms with Gasteiger partial charge in [0.25, 0.3) is 5.56 Å². The van der Waals surface area contributed by atoms with Crippen LogP contribution in [0.25, 0.3) is 0 Å². The predicted octanol–water partition coefficient (Wildman–Crippen LogP) is 1.06. The summed E-state index contributed by atoms with van der Waals surface area (Å²) in [5.41, 5.74) is -0.602. The summed E-state index contributed by atoms with van der Waals surface area (Å²) in [5.74, 6) is 0.596. The standard InChI is InChI=1S/C12H14N2O3/c1-2-6-13-7-5-11(15)14(12(13)16)9-10-4-3-8-17-10/h3-5,7-8H,2,6,9H2,1H3. The third kappa shape index (κ3) is 2.38. The topological polar surface area (TPSA) is 57.1 Å². The molecule has 0 fully saturated rings. The van der Waals surface area contributed by atoms with Gasteiger partial charge in [-0.15, -0.1) is 0 Å². The third-order valence-electron chi connectivity index (χ3n) is 2.50. The summed E-state index contributed by atoms with van der Waals surface area (Å²) in [4.78, 5) is 23.6. The normalized spacial score (nSPS) is 10.6. The van der Waals surface area contributed by atoms with Crippen LogP contribution >= 0.6 is 0 Å². The van der Waals surface area contributed by atoms with E-state index in [4.69, 9.17) is 4.42 Å². The first-order valence-corrected chi connectivity index (χ1v) is 5.55. The largest absolute Gasteiger partial charge is 0.467 e. The van der Waals surface area contributed by atoms with Gasteiger partial charge in [0.2, 0.25) is 0 Å². The smallest absolute Gasteiger partial charge is 0.331 e. The molecule has 0 unspecified atom stereocenters. The maximum atomic E-state index is 12.0. The van der Waals surface area contributed by atoms with Crippen molar-refractivity contribution in [2.75, 3.05) is 0 Å². The van der Waals surface area contributed by atoms with Crippen molar-refractivity contribution in [2.45, 2.75) is 26.4 Å². The lowest BCUT2D eigenvalue weighted by molar-refractivity contribution is 0.472. The Labute approximate surface area is 97.9 Å². The molecule has 2 rings (SSSR count). The van der Waals surface area contributed by atoms with Gasteiger partial charge in [-0.3, -0.25) is 9.36 Å². The van der Waals surface area contributed by atoms with E-state index in [-0.39, 0.29) is 17.8 Å². The van der Waals surface area contributed by atoms with Crippen LogP contribution in [0.15, 0.2) is 44.7 Å². The Kier molecular flexibility index (Phi) is 3.27. The molecule has 0 aliphatic heterocycles. The van der Waals surface area contributed by atoms with Crippen molar-refractivity contribution < 1.29 is 4.42 Å². The maximum Gasteiger partial charge on any atom is 0.331 e. The highest BCUT2D eigenvalue weighted by Gasteiger charge is 2.06. The van der Waals surface area contributed by atoms with Crippen molar-refractivity contribution in [3.63, 3.8) is 0 Å². The Balaban J connectivity index is 2.42. The molecule has 2 heterocycles. The van der Waals surface area contributed by atoms with Crippen LogP contribution in [-0.2, 0) is 13.1 Å². The Morgan fingerprint density at radius 2 is 2.12 bits per heavy atom. The van der Waals surface area contributed by atoms with Gasteiger partial charge in [0.05, 0.1) is 12.8 Å². The van der Waals surface area contributed by atoms with E-state index < -0.39 is 0 Å². The van der Waals surface area contributed by atoms with Crippen LogP contribution in [0.1, 0.15) is 19.1 Å². The number of hydrogen-bond acceptors (Lipinski definition) is 3. The first kappa shape index (κ1) is 11.4. The molecule has 2 aromatic heterocycles. The van der Waals surface area contributed by atoms with Gasteiger partial charge in [-0.25, -0.2) is 4.79 Å². The highest BCUT2D eigenvalue weighted by molar-refractivity contribution is 5.00. The van der Waals surface area contributed by atoms with Gasteiger partial charge < -0.3 is 8.98 Å². The number of aromatic nitrogens is 2. The fraction of sp³-hybridized carbons (Fsp3) is 0.333. The summed E-state index contributed by atoms with van der Waals surface area (Å²) < 4.78 is 7.85. The third-order valence-corrected chi connectivity index (χ3v) is 2.50. The molecule has 0 saturated carbocycles. The molecule has 0 N–H and O–H groups in total. The van der Waals surface area contributed by atoms with Crippen LogP contribution in [0.3, 0.4) is 0 Å². The van der Waals surface area contributed by atoms with Gasteiger partial charge in [0, 0.05) is 18.8 Å². The van der Waals surface area contributed by atoms with E-state index in [9.17, 15) is 9.59 Å². The SMILES string of the molecule is CCCn1ccc(=O)n(Cc2ccco2)c1=O. The van der Waals surface area contributed by atoms with Gasteiger partial charge in [0.1, 0.15) is 5.76 Å². The summed E-state index contributed by atoms with van der Waals surface area (Å²) in [6, 6.07) is 4.87. The highest BCUT2D eigenvalue weighted by Crippen LogP contribution is 1.99. The Morgan fingerprint density at radius 3 is 2.76 bits per heavy atom. The maximum absolute atomic E-state index is 12.0. The van der Waals surface area contributed by atoms with Crippen LogP contribution in [0.4, 0.5) is 0 Å². The number of hydrogen-bond donors (Lipinski definition) is 0. The first-order valence-electron chi connectivity index (χ1n) is 5.55. The van der Waals surface area contributed by atoms with Crippen LogP contribution in [0.2, 0.25) is 0 Å². The number of furan rings is 1. The molecule has 0 radical (unpaired) electrons. The molecule has 0 atom stereocenters. The summed E-state index contributed by atoms with van der Waals surface area (Å²) >= 11 is 0. The molecule has 2 aromatic rings. The van der Waals surface area contributed by atoms with Crippen molar-refractivity contribution in [3.8, 4) is 0 Å². The monoisotopic (exact) mass is 234 g/mol. The van der Waals surface area contributed by atoms with Crippen LogP contribution in [-0.4, -0.2) is 9.13 Å². The fourth-order valence-electron chi connectivity index (χ4n) is 1.67. The zero-order chi connectivity index (χ0) is 12.3. The molecule has 0 aliphatic carbocycles. The fourth-order valence-corrected chi connectivity index (χ4v) is 1.67. The molecule has 0 bridgehead atoms. The molecule has 17 heavy (non-hydrogen) atoms. The number of nitrogens with zero attached hydrogens (tertiary/aromatic N) is 2. The lowest BCUT2D eigenvalue weighted by Gasteiger charge is -2.07. The molecular formula is C12H14N2O3. The predicted molar refractivity (Wildman–Crippen MR) is 63.1 cm³/mol. The molecule has 0 amide bonds. The quantitative estimate of drug-likeness (QED) is 0.794. The minimum absolute atomic E-state index is 0.176. The average molecular weight is 234 g/mol. The van der Waals surface area contributed by atoms with Gasteiger partial charge in [-0.1, -0.05) is 6.92 Å². The van der Waals surface area contributed by atoms with E-state index in [1.807, 2.05) is 6.92 Å². The number of rotatable bonds is 4. The summed E-state index contributed by atoms with van der Waals surface area (Å²) in [6.07, 6.45) is 3.90. The summed E-state index contributed by atoms with van der Waals surface area (Å²) in [6.45, 7) is 2.76. The van der Waals surface area contributed by atoms with Crippen LogP contribution in [0.5, 0.6) is 0 Å². The minimum Gasteiger partial charge on any atom is -0.467 e. The van der Waals surface area contributed by atoms with E-state index in [1.165, 1.54) is 27.7 Å². The molecule has 5 nitrogen and oxygen atoms in total. The van der Waals surface area contributed by atoms with Crippen molar-refractivity contribution in [1.82, 2.24) is 9.13 Å². The van der Waals surface area contributed by atoms with E-state index >= 15 is 0 Å². The van der Waals surface area contributed by atoms with E-state index in [0.717, 1.165) is 6.42 Å². The van der Waals surface area contributed by atoms with Crippen molar-refractivity contribution in [2.24, 2.45) is 0 Å². The van der Waals surface area contributed by atoms with E-state index in [2.05, 4.69) is 0 Å². The van der Waals surface area contributed by atoms with E-state index in [0.29, 0.717) is 12.3 Å². The zero-order valence-electron chi connectivity index (χ0n) is 9.63. The molecule has 0 aliphatic rings. The summed E-state index contributed by atoms with van der Waals surface area (Å²) in [5, 5.41) is 0. The Hall–Kier alpha value is -2.04. The second-order valence-corrected chi connectivity index (χ2v) is 3.80. The Bertz CT molecular complexity index is 593. The summed E-state index contributed by atoms with van der Waals surface area (Å²) in [7, 11) is 0. The second kappa shape index (κ2) is 4.86. The minimum atomic E-state index is -0.307. The zero-order valence-corrected chi connectivity index (χ0v) is 9.63. The lowest BCUT2D eigenvalue weighted by atomic mass is 10.4. The number of aryl methyl sites for hydroxylation is 1. The van der Waals surface area contributed by atoms with Crippen LogP contribution in [0, 0.1) is 0 Å². The van der Waals surface area contributed by atoms with Crippen molar-refractivity contribution in [3.05, 3.63) is 57.3 Å². The van der Waals surface area contributed by atoms with Crippen molar-refractivity contribution >= 4 is 0 Å². The van der Waals surface area contributed by atoms with Gasteiger partial charge in [0.15, 0.2) is 0 Å². The van der Waals surface area contributed by atoms with Crippen molar-refractivity contribution in [1.29, 1.82) is 0 Å². The molecular weight excluding hydrogens is 220 g/mol. The molecule has 5 heteroatoms. The molecule has 0 aromatic carbocycles. The Morgan fingerprint density at radius 1 is 1.29 bits per heavy atom. The molecule has 90 valence electrons. The second-order valence-electron chi connectivity index (χ2n) is 3.80. The van der Waals surface area contributed by atoms with Gasteiger partial charge in [-0.2, -0.15) is 0 Å². The molecule has 0 spiro atoms. The lowest BCUT2D eigenvalue weighted by Crippen LogP contribution is -2.39. The molecule has 0 saturated heterocycles. The van der Waals surface area contributed by atoms with Gasteiger partial charge in [-0.05, 0) is 18.6 Å². The van der Waals surface area contributed by atoms with Crippen LogP contribution < -0.4 is 11.2 Å². The van der Waals surface area contributed by atoms with E-state index in [1.54, 1.807) is 12.1 Å². The average Bonchev–Trinajstić information content (AvgIpc) is 2.81. The first-order chi connectivity index (χ1) is 8.22. The highest BCUT2D eigenvalue weighted by atomic mass is 16.3.